The summed E-state index contributed by atoms with van der Waals surface area (Å²) in [5.74, 6) is 0. The first-order valence-corrected chi connectivity index (χ1v) is 8.63. The summed E-state index contributed by atoms with van der Waals surface area (Å²) in [6.45, 7) is 5.11. The van der Waals surface area contributed by atoms with E-state index in [4.69, 9.17) is 0 Å². The van der Waals surface area contributed by atoms with Crippen LogP contribution in [0, 0.1) is 0 Å². The minimum Gasteiger partial charge on any atom is -0.392 e. The standard InChI is InChI=1S/C20H26N2O3/c1-3-13-22(19-11-7-17(15-24)8-12-19)20(25)21(4-2)18-9-5-16(14-23)6-10-18/h5-12,23-24H,3-4,13-15H2,1-2H3. The number of hydrogen-bond donors (Lipinski definition) is 2. The third-order valence-corrected chi connectivity index (χ3v) is 4.09. The second-order valence-electron chi connectivity index (χ2n) is 5.83. The van der Waals surface area contributed by atoms with E-state index in [0.717, 1.165) is 28.9 Å². The Labute approximate surface area is 149 Å². The van der Waals surface area contributed by atoms with E-state index in [1.54, 1.807) is 9.80 Å². The lowest BCUT2D eigenvalue weighted by molar-refractivity contribution is 0.251. The molecule has 2 N–H and O–H groups in total. The average Bonchev–Trinajstić information content (AvgIpc) is 2.67. The van der Waals surface area contributed by atoms with Crippen molar-refractivity contribution in [3.63, 3.8) is 0 Å². The quantitative estimate of drug-likeness (QED) is 0.809. The molecular weight excluding hydrogens is 316 g/mol. The van der Waals surface area contributed by atoms with Crippen LogP contribution in [0.4, 0.5) is 16.2 Å². The maximum Gasteiger partial charge on any atom is 0.328 e. The van der Waals surface area contributed by atoms with E-state index in [9.17, 15) is 15.0 Å². The Kier molecular flexibility index (Phi) is 6.98. The topological polar surface area (TPSA) is 64.0 Å². The van der Waals surface area contributed by atoms with Crippen LogP contribution in [0.3, 0.4) is 0 Å². The van der Waals surface area contributed by atoms with Gasteiger partial charge < -0.3 is 10.2 Å². The Morgan fingerprint density at radius 3 is 1.60 bits per heavy atom. The Balaban J connectivity index is 2.28. The van der Waals surface area contributed by atoms with E-state index in [1.807, 2.05) is 62.4 Å². The zero-order valence-corrected chi connectivity index (χ0v) is 14.9. The number of aliphatic hydroxyl groups excluding tert-OH is 2. The van der Waals surface area contributed by atoms with Crippen molar-refractivity contribution in [3.8, 4) is 0 Å². The fraction of sp³-hybridized carbons (Fsp3) is 0.350. The highest BCUT2D eigenvalue weighted by molar-refractivity contribution is 6.03. The van der Waals surface area contributed by atoms with Gasteiger partial charge in [0.1, 0.15) is 0 Å². The number of benzene rings is 2. The lowest BCUT2D eigenvalue weighted by atomic mass is 10.2. The van der Waals surface area contributed by atoms with Crippen molar-refractivity contribution in [2.24, 2.45) is 0 Å². The molecule has 0 saturated carbocycles. The molecule has 0 spiro atoms. The predicted molar refractivity (Wildman–Crippen MR) is 101 cm³/mol. The monoisotopic (exact) mass is 342 g/mol. The Bertz CT molecular complexity index is 668. The van der Waals surface area contributed by atoms with Gasteiger partial charge in [0.05, 0.1) is 13.2 Å². The largest absolute Gasteiger partial charge is 0.392 e. The third kappa shape index (κ3) is 4.59. The molecule has 0 fully saturated rings. The molecule has 2 rings (SSSR count). The first-order chi connectivity index (χ1) is 12.1. The van der Waals surface area contributed by atoms with Crippen molar-refractivity contribution in [3.05, 3.63) is 59.7 Å². The van der Waals surface area contributed by atoms with Gasteiger partial charge in [-0.2, -0.15) is 0 Å². The van der Waals surface area contributed by atoms with Gasteiger partial charge in [-0.25, -0.2) is 4.79 Å². The number of rotatable bonds is 7. The molecule has 25 heavy (non-hydrogen) atoms. The summed E-state index contributed by atoms with van der Waals surface area (Å²) in [4.78, 5) is 16.6. The molecule has 2 aromatic carbocycles. The SMILES string of the molecule is CCCN(C(=O)N(CC)c1ccc(CO)cc1)c1ccc(CO)cc1. The van der Waals surface area contributed by atoms with Gasteiger partial charge in [0.15, 0.2) is 0 Å². The van der Waals surface area contributed by atoms with Crippen molar-refractivity contribution >= 4 is 17.4 Å². The molecule has 2 aromatic rings. The first kappa shape index (κ1) is 19.0. The summed E-state index contributed by atoms with van der Waals surface area (Å²) in [6.07, 6.45) is 0.842. The summed E-state index contributed by atoms with van der Waals surface area (Å²) in [6, 6.07) is 14.7. The Hall–Kier alpha value is -2.37. The molecule has 0 aliphatic rings. The number of nitrogens with zero attached hydrogens (tertiary/aromatic N) is 2. The third-order valence-electron chi connectivity index (χ3n) is 4.09. The van der Waals surface area contributed by atoms with Gasteiger partial charge in [0, 0.05) is 24.5 Å². The number of aliphatic hydroxyl groups is 2. The van der Waals surface area contributed by atoms with Crippen LogP contribution in [-0.2, 0) is 13.2 Å². The van der Waals surface area contributed by atoms with E-state index in [1.165, 1.54) is 0 Å². The molecule has 0 unspecified atom stereocenters. The molecular formula is C20H26N2O3. The lowest BCUT2D eigenvalue weighted by Gasteiger charge is -2.30. The van der Waals surface area contributed by atoms with E-state index in [0.29, 0.717) is 13.1 Å². The van der Waals surface area contributed by atoms with Gasteiger partial charge in [-0.05, 0) is 48.7 Å². The molecule has 5 nitrogen and oxygen atoms in total. The molecule has 0 aliphatic carbocycles. The molecule has 0 saturated heterocycles. The normalized spacial score (nSPS) is 10.6. The van der Waals surface area contributed by atoms with Gasteiger partial charge in [-0.1, -0.05) is 31.2 Å². The van der Waals surface area contributed by atoms with Crippen molar-refractivity contribution in [1.82, 2.24) is 0 Å². The lowest BCUT2D eigenvalue weighted by Crippen LogP contribution is -2.44. The number of carbonyl (C=O) groups is 1. The summed E-state index contributed by atoms with van der Waals surface area (Å²) in [5.41, 5.74) is 3.25. The first-order valence-electron chi connectivity index (χ1n) is 8.63. The number of hydrogen-bond acceptors (Lipinski definition) is 3. The summed E-state index contributed by atoms with van der Waals surface area (Å²) < 4.78 is 0. The average molecular weight is 342 g/mol. The maximum absolute atomic E-state index is 13.1. The summed E-state index contributed by atoms with van der Waals surface area (Å²) in [5, 5.41) is 18.4. The highest BCUT2D eigenvalue weighted by Gasteiger charge is 2.22. The molecule has 0 atom stereocenters. The van der Waals surface area contributed by atoms with Crippen molar-refractivity contribution in [2.75, 3.05) is 22.9 Å². The highest BCUT2D eigenvalue weighted by atomic mass is 16.3. The fourth-order valence-corrected chi connectivity index (χ4v) is 2.70. The predicted octanol–water partition coefficient (Wildman–Crippen LogP) is 3.53. The van der Waals surface area contributed by atoms with Crippen molar-refractivity contribution in [1.29, 1.82) is 0 Å². The molecule has 2 amide bonds. The van der Waals surface area contributed by atoms with Crippen LogP contribution in [-0.4, -0.2) is 29.3 Å². The molecule has 0 aromatic heterocycles. The molecule has 134 valence electrons. The Morgan fingerprint density at radius 2 is 1.24 bits per heavy atom. The van der Waals surface area contributed by atoms with Crippen LogP contribution >= 0.6 is 0 Å². The van der Waals surface area contributed by atoms with Crippen molar-refractivity contribution in [2.45, 2.75) is 33.5 Å². The zero-order valence-electron chi connectivity index (χ0n) is 14.9. The van der Waals surface area contributed by atoms with Crippen LogP contribution in [0.5, 0.6) is 0 Å². The minimum atomic E-state index is -0.0853. The van der Waals surface area contributed by atoms with E-state index in [2.05, 4.69) is 0 Å². The fourth-order valence-electron chi connectivity index (χ4n) is 2.70. The second-order valence-corrected chi connectivity index (χ2v) is 5.83. The highest BCUT2D eigenvalue weighted by Crippen LogP contribution is 2.22. The minimum absolute atomic E-state index is 0.0136. The van der Waals surface area contributed by atoms with E-state index >= 15 is 0 Å². The van der Waals surface area contributed by atoms with E-state index in [-0.39, 0.29) is 19.2 Å². The maximum atomic E-state index is 13.1. The van der Waals surface area contributed by atoms with Crippen LogP contribution in [0.1, 0.15) is 31.4 Å². The number of anilines is 2. The van der Waals surface area contributed by atoms with Gasteiger partial charge >= 0.3 is 6.03 Å². The van der Waals surface area contributed by atoms with Gasteiger partial charge in [-0.3, -0.25) is 9.80 Å². The van der Waals surface area contributed by atoms with Crippen LogP contribution in [0.15, 0.2) is 48.5 Å². The molecule has 0 bridgehead atoms. The van der Waals surface area contributed by atoms with Crippen LogP contribution in [0.25, 0.3) is 0 Å². The molecule has 5 heteroatoms. The summed E-state index contributed by atoms with van der Waals surface area (Å²) >= 11 is 0. The Morgan fingerprint density at radius 1 is 0.800 bits per heavy atom. The molecule has 0 aliphatic heterocycles. The number of carbonyl (C=O) groups excluding carboxylic acids is 1. The van der Waals surface area contributed by atoms with Gasteiger partial charge in [-0.15, -0.1) is 0 Å². The van der Waals surface area contributed by atoms with Crippen LogP contribution < -0.4 is 9.80 Å². The van der Waals surface area contributed by atoms with E-state index < -0.39 is 0 Å². The van der Waals surface area contributed by atoms with Crippen molar-refractivity contribution < 1.29 is 15.0 Å². The summed E-state index contributed by atoms with van der Waals surface area (Å²) in [7, 11) is 0. The van der Waals surface area contributed by atoms with Gasteiger partial charge in [0.25, 0.3) is 0 Å². The molecule has 0 heterocycles. The molecule has 0 radical (unpaired) electrons. The van der Waals surface area contributed by atoms with Gasteiger partial charge in [0.2, 0.25) is 0 Å². The number of urea groups is 1. The number of amides is 2. The van der Waals surface area contributed by atoms with Crippen LogP contribution in [0.2, 0.25) is 0 Å². The second kappa shape index (κ2) is 9.20. The zero-order chi connectivity index (χ0) is 18.2. The smallest absolute Gasteiger partial charge is 0.328 e.